The first kappa shape index (κ1) is 10.0. The Bertz CT molecular complexity index is 300. The summed E-state index contributed by atoms with van der Waals surface area (Å²) in [5.41, 5.74) is -0.260. The zero-order valence-electron chi connectivity index (χ0n) is 6.88. The van der Waals surface area contributed by atoms with Crippen LogP contribution in [-0.4, -0.2) is 17.9 Å². The molecule has 0 unspecified atom stereocenters. The highest BCUT2D eigenvalue weighted by atomic mass is 32.1. The summed E-state index contributed by atoms with van der Waals surface area (Å²) < 4.78 is 24.1. The van der Waals surface area contributed by atoms with Crippen LogP contribution in [0.5, 0.6) is 0 Å². The van der Waals surface area contributed by atoms with Gasteiger partial charge in [0.05, 0.1) is 6.42 Å². The lowest BCUT2D eigenvalue weighted by molar-refractivity contribution is -0.119. The predicted molar refractivity (Wildman–Crippen MR) is 44.8 cm³/mol. The van der Waals surface area contributed by atoms with Gasteiger partial charge in [0.25, 0.3) is 6.43 Å². The number of nitrogens with zero attached hydrogens (tertiary/aromatic N) is 1. The molecule has 13 heavy (non-hydrogen) atoms. The number of halogens is 2. The van der Waals surface area contributed by atoms with Gasteiger partial charge in [0, 0.05) is 12.4 Å². The summed E-state index contributed by atoms with van der Waals surface area (Å²) in [5.74, 6) is -0.227. The van der Waals surface area contributed by atoms with Crippen LogP contribution in [0.4, 0.5) is 8.78 Å². The van der Waals surface area contributed by atoms with Gasteiger partial charge in [-0.1, -0.05) is 0 Å². The fraction of sp³-hybridized carbons (Fsp3) is 0.429. The minimum atomic E-state index is -2.56. The topological polar surface area (TPSA) is 42.0 Å². The molecule has 1 amide bonds. The van der Waals surface area contributed by atoms with E-state index in [0.29, 0.717) is 5.01 Å². The molecule has 1 N–H and O–H groups in total. The molecule has 3 nitrogen and oxygen atoms in total. The first-order chi connectivity index (χ1) is 6.13. The Morgan fingerprint density at radius 2 is 2.46 bits per heavy atom. The van der Waals surface area contributed by atoms with E-state index in [1.807, 2.05) is 0 Å². The summed E-state index contributed by atoms with van der Waals surface area (Å²) in [4.78, 5) is 14.4. The number of aromatic nitrogens is 1. The summed E-state index contributed by atoms with van der Waals surface area (Å²) >= 11 is 1.07. The molecule has 1 aromatic heterocycles. The number of rotatable bonds is 3. The monoisotopic (exact) mass is 206 g/mol. The molecule has 0 radical (unpaired) electrons. The minimum absolute atomic E-state index is 0.0634. The van der Waals surface area contributed by atoms with Crippen LogP contribution in [0.3, 0.4) is 0 Å². The van der Waals surface area contributed by atoms with Crippen molar-refractivity contribution < 1.29 is 13.6 Å². The van der Waals surface area contributed by atoms with E-state index in [0.717, 1.165) is 11.3 Å². The van der Waals surface area contributed by atoms with Gasteiger partial charge in [0.1, 0.15) is 10.7 Å². The normalized spacial score (nSPS) is 10.5. The van der Waals surface area contributed by atoms with Crippen LogP contribution in [-0.2, 0) is 11.2 Å². The van der Waals surface area contributed by atoms with E-state index in [4.69, 9.17) is 0 Å². The molecule has 0 aliphatic heterocycles. The van der Waals surface area contributed by atoms with Crippen LogP contribution in [0.1, 0.15) is 17.1 Å². The molecule has 1 aromatic rings. The first-order valence-electron chi connectivity index (χ1n) is 3.56. The second-order valence-corrected chi connectivity index (χ2v) is 3.26. The largest absolute Gasteiger partial charge is 0.359 e. The number of amides is 1. The van der Waals surface area contributed by atoms with Crippen LogP contribution in [0.15, 0.2) is 5.38 Å². The summed E-state index contributed by atoms with van der Waals surface area (Å²) in [6.07, 6.45) is -2.50. The van der Waals surface area contributed by atoms with Gasteiger partial charge in [0.15, 0.2) is 0 Å². The average molecular weight is 206 g/mol. The molecular weight excluding hydrogens is 198 g/mol. The second kappa shape index (κ2) is 4.27. The third-order valence-electron chi connectivity index (χ3n) is 1.38. The van der Waals surface area contributed by atoms with E-state index in [1.165, 1.54) is 12.4 Å². The highest BCUT2D eigenvalue weighted by Gasteiger charge is 2.12. The van der Waals surface area contributed by atoms with Crippen LogP contribution in [0.25, 0.3) is 0 Å². The van der Waals surface area contributed by atoms with E-state index in [1.54, 1.807) is 0 Å². The van der Waals surface area contributed by atoms with Crippen LogP contribution in [0, 0.1) is 0 Å². The Hall–Kier alpha value is -1.04. The van der Waals surface area contributed by atoms with Crippen molar-refractivity contribution in [2.45, 2.75) is 12.8 Å². The molecular formula is C7H8F2N2OS. The number of hydrogen-bond donors (Lipinski definition) is 1. The molecule has 0 atom stereocenters. The Morgan fingerprint density at radius 1 is 1.77 bits per heavy atom. The van der Waals surface area contributed by atoms with Crippen molar-refractivity contribution in [3.8, 4) is 0 Å². The van der Waals surface area contributed by atoms with Crippen molar-refractivity contribution >= 4 is 17.2 Å². The van der Waals surface area contributed by atoms with Gasteiger partial charge in [-0.25, -0.2) is 13.8 Å². The second-order valence-electron chi connectivity index (χ2n) is 2.32. The van der Waals surface area contributed by atoms with Crippen molar-refractivity contribution in [3.05, 3.63) is 16.1 Å². The van der Waals surface area contributed by atoms with E-state index < -0.39 is 6.43 Å². The lowest BCUT2D eigenvalue weighted by Gasteiger charge is -1.94. The Kier molecular flexibility index (Phi) is 3.30. The number of likely N-dealkylation sites (N-methyl/N-ethyl adjacent to an activating group) is 1. The molecule has 0 aliphatic carbocycles. The molecule has 1 heterocycles. The number of carbonyl (C=O) groups excluding carboxylic acids is 1. The van der Waals surface area contributed by atoms with E-state index in [-0.39, 0.29) is 18.0 Å². The molecule has 1 rings (SSSR count). The summed E-state index contributed by atoms with van der Waals surface area (Å²) in [6.45, 7) is 0. The van der Waals surface area contributed by atoms with Crippen LogP contribution in [0.2, 0.25) is 0 Å². The molecule has 0 saturated heterocycles. The van der Waals surface area contributed by atoms with Crippen molar-refractivity contribution in [2.75, 3.05) is 7.05 Å². The highest BCUT2D eigenvalue weighted by molar-refractivity contribution is 7.09. The van der Waals surface area contributed by atoms with Gasteiger partial charge < -0.3 is 5.32 Å². The lowest BCUT2D eigenvalue weighted by Crippen LogP contribution is -2.19. The molecule has 0 aromatic carbocycles. The molecule has 0 spiro atoms. The number of alkyl halides is 2. The maximum Gasteiger partial charge on any atom is 0.281 e. The van der Waals surface area contributed by atoms with E-state index in [9.17, 15) is 13.6 Å². The van der Waals surface area contributed by atoms with Crippen LogP contribution >= 0.6 is 11.3 Å². The highest BCUT2D eigenvalue weighted by Crippen LogP contribution is 2.20. The molecule has 0 fully saturated rings. The predicted octanol–water partition coefficient (Wildman–Crippen LogP) is 1.37. The summed E-state index contributed by atoms with van der Waals surface area (Å²) in [5, 5.41) is 4.07. The fourth-order valence-electron chi connectivity index (χ4n) is 0.732. The smallest absolute Gasteiger partial charge is 0.281 e. The van der Waals surface area contributed by atoms with Gasteiger partial charge in [0.2, 0.25) is 5.91 Å². The summed E-state index contributed by atoms with van der Waals surface area (Å²) in [6, 6.07) is 0. The number of nitrogens with one attached hydrogen (secondary N) is 1. The van der Waals surface area contributed by atoms with Gasteiger partial charge in [-0.3, -0.25) is 4.79 Å². The molecule has 0 saturated carbocycles. The minimum Gasteiger partial charge on any atom is -0.359 e. The molecule has 6 heteroatoms. The van der Waals surface area contributed by atoms with Crippen molar-refractivity contribution in [1.82, 2.24) is 10.3 Å². The summed E-state index contributed by atoms with van der Waals surface area (Å²) in [7, 11) is 1.49. The SMILES string of the molecule is CNC(=O)Cc1nc(C(F)F)cs1. The lowest BCUT2D eigenvalue weighted by atomic mass is 10.4. The van der Waals surface area contributed by atoms with Crippen molar-refractivity contribution in [3.63, 3.8) is 0 Å². The van der Waals surface area contributed by atoms with E-state index >= 15 is 0 Å². The first-order valence-corrected chi connectivity index (χ1v) is 4.44. The Balaban J connectivity index is 2.64. The van der Waals surface area contributed by atoms with Crippen LogP contribution < -0.4 is 5.32 Å². The zero-order valence-corrected chi connectivity index (χ0v) is 7.70. The maximum atomic E-state index is 12.0. The van der Waals surface area contributed by atoms with Gasteiger partial charge >= 0.3 is 0 Å². The Morgan fingerprint density at radius 3 is 2.92 bits per heavy atom. The van der Waals surface area contributed by atoms with Gasteiger partial charge in [-0.05, 0) is 0 Å². The zero-order chi connectivity index (χ0) is 9.84. The number of thiazole rings is 1. The third-order valence-corrected chi connectivity index (χ3v) is 2.25. The maximum absolute atomic E-state index is 12.0. The van der Waals surface area contributed by atoms with Crippen molar-refractivity contribution in [1.29, 1.82) is 0 Å². The number of hydrogen-bond acceptors (Lipinski definition) is 3. The molecule has 0 aliphatic rings. The number of carbonyl (C=O) groups is 1. The quantitative estimate of drug-likeness (QED) is 0.811. The molecule has 72 valence electrons. The average Bonchev–Trinajstić information content (AvgIpc) is 2.52. The van der Waals surface area contributed by atoms with Gasteiger partial charge in [-0.15, -0.1) is 11.3 Å². The molecule has 0 bridgehead atoms. The standard InChI is InChI=1S/C7H8F2N2OS/c1-10-5(12)2-6-11-4(3-13-6)7(8)9/h3,7H,2H2,1H3,(H,10,12). The van der Waals surface area contributed by atoms with Gasteiger partial charge in [-0.2, -0.15) is 0 Å². The third kappa shape index (κ3) is 2.73. The Labute approximate surface area is 77.8 Å². The van der Waals surface area contributed by atoms with Crippen molar-refractivity contribution in [2.24, 2.45) is 0 Å². The fourth-order valence-corrected chi connectivity index (χ4v) is 1.52. The van der Waals surface area contributed by atoms with E-state index in [2.05, 4.69) is 10.3 Å².